The summed E-state index contributed by atoms with van der Waals surface area (Å²) in [4.78, 5) is 23.9. The molecular weight excluding hydrogens is 309 g/mol. The summed E-state index contributed by atoms with van der Waals surface area (Å²) in [5, 5.41) is 2.74. The van der Waals surface area contributed by atoms with Crippen LogP contribution in [0.3, 0.4) is 0 Å². The van der Waals surface area contributed by atoms with Crippen LogP contribution in [-0.4, -0.2) is 46.4 Å². The number of methoxy groups -OCH3 is 1. The highest BCUT2D eigenvalue weighted by Gasteiger charge is 2.23. The van der Waals surface area contributed by atoms with Crippen LogP contribution in [0.4, 0.5) is 0 Å². The smallest absolute Gasteiger partial charge is 0.467 e. The number of hydrogen-bond acceptors (Lipinski definition) is 5. The minimum absolute atomic E-state index is 0.157. The van der Waals surface area contributed by atoms with Crippen molar-refractivity contribution >= 4 is 24.5 Å². The molecule has 0 aliphatic carbocycles. The molecule has 132 valence electrons. The van der Waals surface area contributed by atoms with E-state index in [-0.39, 0.29) is 11.8 Å². The van der Waals surface area contributed by atoms with Crippen molar-refractivity contribution in [3.05, 3.63) is 29.8 Å². The highest BCUT2D eigenvalue weighted by atomic mass is 16.6. The molecule has 1 atom stereocenters. The van der Waals surface area contributed by atoms with E-state index in [1.807, 2.05) is 38.1 Å². The summed E-state index contributed by atoms with van der Waals surface area (Å²) in [7, 11) is 4.02. The van der Waals surface area contributed by atoms with Gasteiger partial charge in [-0.15, -0.1) is 0 Å². The third-order valence-corrected chi connectivity index (χ3v) is 3.53. The van der Waals surface area contributed by atoms with Crippen molar-refractivity contribution in [3.63, 3.8) is 0 Å². The molecule has 1 aromatic rings. The largest absolute Gasteiger partial charge is 0.493 e. The van der Waals surface area contributed by atoms with Crippen molar-refractivity contribution < 1.29 is 23.6 Å². The fourth-order valence-corrected chi connectivity index (χ4v) is 2.37. The minimum atomic E-state index is -0.701. The zero-order valence-electron chi connectivity index (χ0n) is 15.0. The Morgan fingerprint density at radius 1 is 1.08 bits per heavy atom. The van der Waals surface area contributed by atoms with Gasteiger partial charge in [0.25, 0.3) is 0 Å². The number of carbonyl (C=O) groups excluding carboxylic acids is 2. The number of rotatable bonds is 9. The van der Waals surface area contributed by atoms with Crippen LogP contribution in [0.25, 0.3) is 0 Å². The van der Waals surface area contributed by atoms with Crippen LogP contribution in [0.2, 0.25) is 0 Å². The fraction of sp³-hybridized carbons (Fsp3) is 0.529. The van der Waals surface area contributed by atoms with E-state index >= 15 is 0 Å². The molecule has 0 aliphatic rings. The van der Waals surface area contributed by atoms with E-state index in [4.69, 9.17) is 14.0 Å². The van der Waals surface area contributed by atoms with Gasteiger partial charge in [0.1, 0.15) is 6.04 Å². The molecule has 0 fully saturated rings. The molecule has 6 nitrogen and oxygen atoms in total. The van der Waals surface area contributed by atoms with Crippen molar-refractivity contribution in [2.24, 2.45) is 5.92 Å². The third kappa shape index (κ3) is 6.33. The molecule has 0 aliphatic heterocycles. The molecule has 0 saturated heterocycles. The number of amides is 1. The lowest BCUT2D eigenvalue weighted by molar-refractivity contribution is -0.145. The Bertz CT molecular complexity index is 528. The molecule has 0 heterocycles. The molecular formula is C17H26BNO5. The van der Waals surface area contributed by atoms with Gasteiger partial charge in [0.15, 0.2) is 0 Å². The van der Waals surface area contributed by atoms with Gasteiger partial charge in [-0.1, -0.05) is 38.1 Å². The number of carbonyl (C=O) groups is 2. The lowest BCUT2D eigenvalue weighted by Gasteiger charge is -2.18. The van der Waals surface area contributed by atoms with Crippen LogP contribution in [0.5, 0.6) is 0 Å². The molecule has 1 amide bonds. The Morgan fingerprint density at radius 2 is 1.67 bits per heavy atom. The van der Waals surface area contributed by atoms with Crippen LogP contribution in [0.15, 0.2) is 24.3 Å². The number of hydrogen-bond donors (Lipinski definition) is 1. The number of esters is 1. The Kier molecular flexibility index (Phi) is 8.50. The van der Waals surface area contributed by atoms with E-state index in [0.29, 0.717) is 12.8 Å². The van der Waals surface area contributed by atoms with Crippen molar-refractivity contribution in [2.45, 2.75) is 32.7 Å². The van der Waals surface area contributed by atoms with Gasteiger partial charge in [-0.2, -0.15) is 0 Å². The second-order valence-electron chi connectivity index (χ2n) is 5.99. The fourth-order valence-electron chi connectivity index (χ4n) is 2.37. The number of ether oxygens (including phenoxy) is 1. The lowest BCUT2D eigenvalue weighted by Crippen LogP contribution is -2.43. The van der Waals surface area contributed by atoms with Crippen LogP contribution in [0, 0.1) is 5.92 Å². The summed E-state index contributed by atoms with van der Waals surface area (Å²) < 4.78 is 15.2. The standard InChI is InChI=1S/C17H26BNO5/c1-12(2)10-16(20)19-15(17(21)22-3)11-13-6-8-14(9-7-13)18(23-4)24-5/h6-9,12,15H,10-11H2,1-5H3,(H,19,20)/t15-/m1/s1. The third-order valence-electron chi connectivity index (χ3n) is 3.53. The van der Waals surface area contributed by atoms with Crippen LogP contribution in [-0.2, 0) is 30.1 Å². The molecule has 1 rings (SSSR count). The highest BCUT2D eigenvalue weighted by Crippen LogP contribution is 2.06. The summed E-state index contributed by atoms with van der Waals surface area (Å²) in [6.07, 6.45) is 0.733. The summed E-state index contributed by atoms with van der Waals surface area (Å²) in [6, 6.07) is 6.80. The maximum absolute atomic E-state index is 11.9. The van der Waals surface area contributed by atoms with Gasteiger partial charge in [-0.3, -0.25) is 4.79 Å². The van der Waals surface area contributed by atoms with E-state index in [2.05, 4.69) is 5.32 Å². The SMILES string of the molecule is COB(OC)c1ccc(C[C@@H](NC(=O)CC(C)C)C(=O)OC)cc1. The molecule has 1 aromatic carbocycles. The molecule has 0 aromatic heterocycles. The first-order valence-corrected chi connectivity index (χ1v) is 7.92. The number of nitrogens with one attached hydrogen (secondary N) is 1. The van der Waals surface area contributed by atoms with E-state index in [1.165, 1.54) is 7.11 Å². The molecule has 0 bridgehead atoms. The van der Waals surface area contributed by atoms with Crippen molar-refractivity contribution in [2.75, 3.05) is 21.3 Å². The normalized spacial score (nSPS) is 11.9. The first kappa shape index (κ1) is 20.2. The van der Waals surface area contributed by atoms with E-state index in [9.17, 15) is 9.59 Å². The van der Waals surface area contributed by atoms with Crippen molar-refractivity contribution in [3.8, 4) is 0 Å². The Labute approximate surface area is 144 Å². The molecule has 0 radical (unpaired) electrons. The maximum Gasteiger partial charge on any atom is 0.493 e. The number of benzene rings is 1. The highest BCUT2D eigenvalue weighted by molar-refractivity contribution is 6.61. The summed E-state index contributed by atoms with van der Waals surface area (Å²) in [6.45, 7) is 3.90. The van der Waals surface area contributed by atoms with Gasteiger partial charge in [0.05, 0.1) is 7.11 Å². The first-order valence-electron chi connectivity index (χ1n) is 7.92. The van der Waals surface area contributed by atoms with Gasteiger partial charge < -0.3 is 19.4 Å². The van der Waals surface area contributed by atoms with Crippen molar-refractivity contribution in [1.82, 2.24) is 5.32 Å². The van der Waals surface area contributed by atoms with Gasteiger partial charge >= 0.3 is 13.1 Å². The Hall–Kier alpha value is -1.86. The minimum Gasteiger partial charge on any atom is -0.467 e. The zero-order chi connectivity index (χ0) is 18.1. The molecule has 0 saturated carbocycles. The average Bonchev–Trinajstić information content (AvgIpc) is 2.55. The molecule has 0 spiro atoms. The van der Waals surface area contributed by atoms with Crippen LogP contribution < -0.4 is 10.8 Å². The monoisotopic (exact) mass is 335 g/mol. The first-order chi connectivity index (χ1) is 11.4. The van der Waals surface area contributed by atoms with E-state index < -0.39 is 19.1 Å². The molecule has 0 unspecified atom stereocenters. The summed E-state index contributed by atoms with van der Waals surface area (Å²) >= 11 is 0. The quantitative estimate of drug-likeness (QED) is 0.537. The molecule has 7 heteroatoms. The van der Waals surface area contributed by atoms with Crippen molar-refractivity contribution in [1.29, 1.82) is 0 Å². The Morgan fingerprint density at radius 3 is 2.12 bits per heavy atom. The predicted molar refractivity (Wildman–Crippen MR) is 93.0 cm³/mol. The van der Waals surface area contributed by atoms with Crippen LogP contribution in [0.1, 0.15) is 25.8 Å². The average molecular weight is 335 g/mol. The van der Waals surface area contributed by atoms with Crippen LogP contribution >= 0.6 is 0 Å². The van der Waals surface area contributed by atoms with Gasteiger partial charge in [0.2, 0.25) is 5.91 Å². The van der Waals surface area contributed by atoms with E-state index in [1.54, 1.807) is 14.2 Å². The topological polar surface area (TPSA) is 73.9 Å². The second-order valence-corrected chi connectivity index (χ2v) is 5.99. The Balaban J connectivity index is 2.79. The second kappa shape index (κ2) is 10.1. The predicted octanol–water partition coefficient (Wildman–Crippen LogP) is 0.921. The maximum atomic E-state index is 11.9. The van der Waals surface area contributed by atoms with Gasteiger partial charge in [-0.05, 0) is 16.9 Å². The summed E-state index contributed by atoms with van der Waals surface area (Å²) in [5.41, 5.74) is 1.78. The molecule has 24 heavy (non-hydrogen) atoms. The lowest BCUT2D eigenvalue weighted by atomic mass is 9.78. The zero-order valence-corrected chi connectivity index (χ0v) is 15.0. The molecule has 1 N–H and O–H groups in total. The van der Waals surface area contributed by atoms with Gasteiger partial charge in [0, 0.05) is 27.1 Å². The van der Waals surface area contributed by atoms with Gasteiger partial charge in [-0.25, -0.2) is 4.79 Å². The summed E-state index contributed by atoms with van der Waals surface area (Å²) in [5.74, 6) is -0.388. The van der Waals surface area contributed by atoms with E-state index in [0.717, 1.165) is 11.0 Å².